The fourth-order valence-corrected chi connectivity index (χ4v) is 2.40. The molecule has 7 heteroatoms. The molecule has 0 radical (unpaired) electrons. The number of carbonyl (C=O) groups excluding carboxylic acids is 2. The second-order valence-corrected chi connectivity index (χ2v) is 5.19. The second kappa shape index (κ2) is 6.40. The Morgan fingerprint density at radius 1 is 1.50 bits per heavy atom. The third-order valence-corrected chi connectivity index (χ3v) is 3.49. The molecule has 1 fully saturated rings. The molecular formula is C13H20N4O3. The van der Waals surface area contributed by atoms with Crippen molar-refractivity contribution in [3.8, 4) is 0 Å². The number of nitrogens with zero attached hydrogens (tertiary/aromatic N) is 2. The molecule has 0 saturated carbocycles. The van der Waals surface area contributed by atoms with Crippen molar-refractivity contribution in [1.29, 1.82) is 0 Å². The van der Waals surface area contributed by atoms with Crippen LogP contribution in [0.4, 0.5) is 4.79 Å². The summed E-state index contributed by atoms with van der Waals surface area (Å²) in [6, 6.07) is 1.68. The van der Waals surface area contributed by atoms with E-state index in [0.29, 0.717) is 37.7 Å². The monoisotopic (exact) mass is 280 g/mol. The highest BCUT2D eigenvalue weighted by Crippen LogP contribution is 2.20. The van der Waals surface area contributed by atoms with Crippen molar-refractivity contribution >= 4 is 11.9 Å². The molecule has 110 valence electrons. The summed E-state index contributed by atoms with van der Waals surface area (Å²) in [7, 11) is 0. The number of hydrogen-bond donors (Lipinski definition) is 2. The predicted octanol–water partition coefficient (Wildman–Crippen LogP) is 0.780. The van der Waals surface area contributed by atoms with E-state index in [1.54, 1.807) is 11.0 Å². The Labute approximate surface area is 117 Å². The molecule has 1 saturated heterocycles. The molecule has 0 unspecified atom stereocenters. The standard InChI is InChI=1S/C13H20N4O3/c1-9-6-11(16-20-9)8-15-13(19)17-4-2-10(3-5-17)7-12(14)18/h6,10H,2-5,7-8H2,1H3,(H2,14,18)(H,15,19). The Morgan fingerprint density at radius 3 is 2.75 bits per heavy atom. The summed E-state index contributed by atoms with van der Waals surface area (Å²) >= 11 is 0. The Kier molecular flexibility index (Phi) is 4.60. The summed E-state index contributed by atoms with van der Waals surface area (Å²) < 4.78 is 4.93. The minimum atomic E-state index is -0.269. The van der Waals surface area contributed by atoms with Crippen LogP contribution in [0.5, 0.6) is 0 Å². The molecule has 2 rings (SSSR count). The van der Waals surface area contributed by atoms with E-state index in [1.165, 1.54) is 0 Å². The summed E-state index contributed by atoms with van der Waals surface area (Å²) in [5.74, 6) is 0.755. The molecule has 0 bridgehead atoms. The van der Waals surface area contributed by atoms with Gasteiger partial charge in [-0.25, -0.2) is 4.79 Å². The maximum atomic E-state index is 12.0. The van der Waals surface area contributed by atoms with Crippen LogP contribution in [0.1, 0.15) is 30.7 Å². The maximum absolute atomic E-state index is 12.0. The number of hydrogen-bond acceptors (Lipinski definition) is 4. The van der Waals surface area contributed by atoms with Crippen molar-refractivity contribution < 1.29 is 14.1 Å². The average Bonchev–Trinajstić information content (AvgIpc) is 2.82. The van der Waals surface area contributed by atoms with Crippen LogP contribution in [0.15, 0.2) is 10.6 Å². The number of piperidine rings is 1. The molecule has 0 spiro atoms. The van der Waals surface area contributed by atoms with E-state index in [-0.39, 0.29) is 11.9 Å². The van der Waals surface area contributed by atoms with Crippen LogP contribution in [0.2, 0.25) is 0 Å². The molecule has 1 aromatic heterocycles. The van der Waals surface area contributed by atoms with Crippen molar-refractivity contribution in [3.05, 3.63) is 17.5 Å². The average molecular weight is 280 g/mol. The highest BCUT2D eigenvalue weighted by molar-refractivity contribution is 5.75. The molecule has 1 aliphatic rings. The molecule has 1 aliphatic heterocycles. The van der Waals surface area contributed by atoms with Crippen molar-refractivity contribution in [1.82, 2.24) is 15.4 Å². The lowest BCUT2D eigenvalue weighted by atomic mass is 9.93. The van der Waals surface area contributed by atoms with Gasteiger partial charge in [-0.1, -0.05) is 5.16 Å². The minimum Gasteiger partial charge on any atom is -0.370 e. The Morgan fingerprint density at radius 2 is 2.20 bits per heavy atom. The molecule has 3 N–H and O–H groups in total. The SMILES string of the molecule is Cc1cc(CNC(=O)N2CCC(CC(N)=O)CC2)no1. The van der Waals surface area contributed by atoms with Gasteiger partial charge in [0, 0.05) is 25.6 Å². The molecular weight excluding hydrogens is 260 g/mol. The summed E-state index contributed by atoms with van der Waals surface area (Å²) in [6.45, 7) is 3.47. The van der Waals surface area contributed by atoms with E-state index in [4.69, 9.17) is 10.3 Å². The van der Waals surface area contributed by atoms with Gasteiger partial charge in [0.15, 0.2) is 0 Å². The lowest BCUT2D eigenvalue weighted by Crippen LogP contribution is -2.44. The number of aryl methyl sites for hydroxylation is 1. The van der Waals surface area contributed by atoms with Crippen LogP contribution in [0.25, 0.3) is 0 Å². The van der Waals surface area contributed by atoms with Crippen LogP contribution >= 0.6 is 0 Å². The zero-order valence-electron chi connectivity index (χ0n) is 11.6. The predicted molar refractivity (Wildman–Crippen MR) is 71.6 cm³/mol. The summed E-state index contributed by atoms with van der Waals surface area (Å²) in [5.41, 5.74) is 5.89. The van der Waals surface area contributed by atoms with Crippen LogP contribution in [0.3, 0.4) is 0 Å². The topological polar surface area (TPSA) is 101 Å². The van der Waals surface area contributed by atoms with Gasteiger partial charge in [0.25, 0.3) is 0 Å². The zero-order chi connectivity index (χ0) is 14.5. The summed E-state index contributed by atoms with van der Waals surface area (Å²) in [6.07, 6.45) is 2.05. The van der Waals surface area contributed by atoms with Gasteiger partial charge in [-0.2, -0.15) is 0 Å². The number of nitrogens with two attached hydrogens (primary N) is 1. The molecule has 2 heterocycles. The third kappa shape index (κ3) is 3.97. The van der Waals surface area contributed by atoms with E-state index in [0.717, 1.165) is 18.6 Å². The largest absolute Gasteiger partial charge is 0.370 e. The van der Waals surface area contributed by atoms with Crippen LogP contribution in [-0.2, 0) is 11.3 Å². The normalized spacial score (nSPS) is 16.1. The summed E-state index contributed by atoms with van der Waals surface area (Å²) in [4.78, 5) is 24.6. The van der Waals surface area contributed by atoms with Gasteiger partial charge in [-0.3, -0.25) is 4.79 Å². The van der Waals surface area contributed by atoms with Crippen molar-refractivity contribution in [2.75, 3.05) is 13.1 Å². The molecule has 1 aromatic rings. The minimum absolute atomic E-state index is 0.108. The molecule has 0 aromatic carbocycles. The van der Waals surface area contributed by atoms with Gasteiger partial charge in [0.1, 0.15) is 11.5 Å². The number of primary amides is 1. The first-order valence-electron chi connectivity index (χ1n) is 6.78. The molecule has 0 atom stereocenters. The zero-order valence-corrected chi connectivity index (χ0v) is 11.6. The van der Waals surface area contributed by atoms with E-state index in [9.17, 15) is 9.59 Å². The number of nitrogens with one attached hydrogen (secondary N) is 1. The third-order valence-electron chi connectivity index (χ3n) is 3.49. The van der Waals surface area contributed by atoms with Crippen LogP contribution in [0, 0.1) is 12.8 Å². The van der Waals surface area contributed by atoms with Crippen LogP contribution < -0.4 is 11.1 Å². The second-order valence-electron chi connectivity index (χ2n) is 5.19. The van der Waals surface area contributed by atoms with Crippen molar-refractivity contribution in [2.45, 2.75) is 32.7 Å². The number of carbonyl (C=O) groups is 2. The number of aromatic nitrogens is 1. The van der Waals surface area contributed by atoms with Gasteiger partial charge in [-0.15, -0.1) is 0 Å². The van der Waals surface area contributed by atoms with Gasteiger partial charge < -0.3 is 20.5 Å². The maximum Gasteiger partial charge on any atom is 0.317 e. The fourth-order valence-electron chi connectivity index (χ4n) is 2.40. The number of urea groups is 1. The first-order chi connectivity index (χ1) is 9.54. The number of rotatable bonds is 4. The van der Waals surface area contributed by atoms with E-state index in [1.807, 2.05) is 6.92 Å². The van der Waals surface area contributed by atoms with E-state index < -0.39 is 0 Å². The molecule has 3 amide bonds. The van der Waals surface area contributed by atoms with Gasteiger partial charge in [0.05, 0.1) is 6.54 Å². The molecule has 20 heavy (non-hydrogen) atoms. The van der Waals surface area contributed by atoms with E-state index >= 15 is 0 Å². The Balaban J connectivity index is 1.73. The molecule has 7 nitrogen and oxygen atoms in total. The first kappa shape index (κ1) is 14.4. The Bertz CT molecular complexity index is 478. The van der Waals surface area contributed by atoms with Gasteiger partial charge in [-0.05, 0) is 25.7 Å². The van der Waals surface area contributed by atoms with Gasteiger partial charge in [0.2, 0.25) is 5.91 Å². The number of likely N-dealkylation sites (tertiary alicyclic amines) is 1. The van der Waals surface area contributed by atoms with Crippen LogP contribution in [-0.4, -0.2) is 35.1 Å². The van der Waals surface area contributed by atoms with E-state index in [2.05, 4.69) is 10.5 Å². The summed E-state index contributed by atoms with van der Waals surface area (Å²) in [5, 5.41) is 6.63. The fraction of sp³-hybridized carbons (Fsp3) is 0.615. The van der Waals surface area contributed by atoms with Crippen molar-refractivity contribution in [3.63, 3.8) is 0 Å². The quantitative estimate of drug-likeness (QED) is 0.850. The lowest BCUT2D eigenvalue weighted by molar-refractivity contribution is -0.119. The lowest BCUT2D eigenvalue weighted by Gasteiger charge is -2.31. The highest BCUT2D eigenvalue weighted by atomic mass is 16.5. The number of amides is 3. The van der Waals surface area contributed by atoms with Crippen molar-refractivity contribution in [2.24, 2.45) is 11.7 Å². The molecule has 0 aliphatic carbocycles. The van der Waals surface area contributed by atoms with Gasteiger partial charge >= 0.3 is 6.03 Å². The Hall–Kier alpha value is -2.05. The smallest absolute Gasteiger partial charge is 0.317 e. The highest BCUT2D eigenvalue weighted by Gasteiger charge is 2.23. The first-order valence-corrected chi connectivity index (χ1v) is 6.78.